The van der Waals surface area contributed by atoms with Crippen LogP contribution in [-0.4, -0.2) is 80.5 Å². The molecule has 0 unspecified atom stereocenters. The monoisotopic (exact) mass is 668 g/mol. The summed E-state index contributed by atoms with van der Waals surface area (Å²) in [7, 11) is -5.85. The number of sulfone groups is 1. The van der Waals surface area contributed by atoms with Crippen molar-refractivity contribution in [3.05, 3.63) is 59.9 Å². The Bertz CT molecular complexity index is 1870. The highest BCUT2D eigenvalue weighted by Gasteiger charge is 2.28. The molecule has 0 radical (unpaired) electrons. The van der Waals surface area contributed by atoms with Crippen LogP contribution in [0.25, 0.3) is 10.9 Å². The van der Waals surface area contributed by atoms with Gasteiger partial charge < -0.3 is 19.3 Å². The summed E-state index contributed by atoms with van der Waals surface area (Å²) in [6, 6.07) is 9.31. The molecule has 3 aromatic heterocycles. The van der Waals surface area contributed by atoms with Gasteiger partial charge in [0.25, 0.3) is 10.0 Å². The number of amides is 2. The van der Waals surface area contributed by atoms with Gasteiger partial charge in [0, 0.05) is 17.8 Å². The van der Waals surface area contributed by atoms with Crippen LogP contribution < -0.4 is 24.2 Å². The lowest BCUT2D eigenvalue weighted by Gasteiger charge is -2.11. The first-order valence-electron chi connectivity index (χ1n) is 12.2. The molecule has 0 aliphatic heterocycles. The predicted octanol–water partition coefficient (Wildman–Crippen LogP) is 2.54. The number of aliphatic carboxylic acids is 1. The third-order valence-electron chi connectivity index (χ3n) is 5.29. The first-order valence-corrected chi connectivity index (χ1v) is 15.7. The van der Waals surface area contributed by atoms with Crippen molar-refractivity contribution in [2.75, 3.05) is 31.9 Å². The van der Waals surface area contributed by atoms with E-state index in [1.54, 1.807) is 35.2 Å². The predicted molar refractivity (Wildman–Crippen MR) is 156 cm³/mol. The Morgan fingerprint density at radius 1 is 0.955 bits per heavy atom. The lowest BCUT2D eigenvalue weighted by atomic mass is 10.2. The Morgan fingerprint density at radius 3 is 2.20 bits per heavy atom. The van der Waals surface area contributed by atoms with E-state index in [1.807, 2.05) is 0 Å². The zero-order valence-electron chi connectivity index (χ0n) is 23.2. The number of sulfonamides is 1. The minimum absolute atomic E-state index is 0.0612. The largest absolute Gasteiger partial charge is 0.481 e. The third kappa shape index (κ3) is 8.62. The Kier molecular flexibility index (Phi) is 11.2. The van der Waals surface area contributed by atoms with Gasteiger partial charge >= 0.3 is 12.0 Å². The van der Waals surface area contributed by atoms with Crippen molar-refractivity contribution >= 4 is 60.3 Å². The van der Waals surface area contributed by atoms with Crippen LogP contribution in [0.5, 0.6) is 17.5 Å². The number of hydrogen-bond donors (Lipinski definition) is 3. The van der Waals surface area contributed by atoms with Gasteiger partial charge in [-0.3, -0.25) is 10.3 Å². The summed E-state index contributed by atoms with van der Waals surface area (Å²) in [5.74, 6) is -1.13. The molecule has 2 amide bonds. The highest BCUT2D eigenvalue weighted by Crippen LogP contribution is 2.29. The highest BCUT2D eigenvalue weighted by molar-refractivity contribution is 7.93. The van der Waals surface area contributed by atoms with Gasteiger partial charge in [0.1, 0.15) is 16.2 Å². The summed E-state index contributed by atoms with van der Waals surface area (Å²) in [5, 5.41) is 11.1. The number of urea groups is 1. The van der Waals surface area contributed by atoms with Crippen molar-refractivity contribution in [2.24, 2.45) is 0 Å². The first kappa shape index (κ1) is 33.7. The number of nitrogens with zero attached hydrogens (tertiary/aromatic N) is 4. The number of anilines is 1. The van der Waals surface area contributed by atoms with E-state index in [0.717, 1.165) is 17.6 Å². The molecular weight excluding hydrogens is 644 g/mol. The van der Waals surface area contributed by atoms with E-state index in [4.69, 9.17) is 30.9 Å². The maximum absolute atomic E-state index is 12.5. The topological polar surface area (TPSA) is 226 Å². The molecule has 44 heavy (non-hydrogen) atoms. The number of nitrogens with one attached hydrogen (secondary N) is 2. The van der Waals surface area contributed by atoms with Gasteiger partial charge in [-0.25, -0.2) is 27.7 Å². The second-order valence-corrected chi connectivity index (χ2v) is 12.4. The minimum Gasteiger partial charge on any atom is -0.481 e. The van der Waals surface area contributed by atoms with E-state index in [-0.39, 0.29) is 23.5 Å². The van der Waals surface area contributed by atoms with Gasteiger partial charge in [-0.2, -0.15) is 18.4 Å². The Labute approximate surface area is 256 Å². The number of fused-ring (bicyclic) bond motifs is 1. The lowest BCUT2D eigenvalue weighted by molar-refractivity contribution is -0.139. The van der Waals surface area contributed by atoms with Crippen LogP contribution in [0.3, 0.4) is 0 Å². The number of carbonyl (C=O) groups is 2. The molecule has 0 spiro atoms. The zero-order valence-corrected chi connectivity index (χ0v) is 25.6. The smallest absolute Gasteiger partial charge is 0.341 e. The SMILES string of the molecule is CCS(=O)(=O)c1cccnc1S(=O)(=O)NC(=O)Nc1nc(OC)cc(OC)n1.O=C(O)COc1ccc(Cl)c2cccnc12. The number of carbonyl (C=O) groups excluding carboxylic acids is 1. The summed E-state index contributed by atoms with van der Waals surface area (Å²) in [6.45, 7) is 0.958. The molecule has 0 aliphatic carbocycles. The molecule has 0 aliphatic rings. The van der Waals surface area contributed by atoms with Crippen LogP contribution in [0.1, 0.15) is 6.92 Å². The second kappa shape index (κ2) is 14.6. The number of pyridine rings is 2. The molecule has 0 bridgehead atoms. The highest BCUT2D eigenvalue weighted by atomic mass is 35.5. The van der Waals surface area contributed by atoms with Gasteiger partial charge in [0.2, 0.25) is 17.7 Å². The van der Waals surface area contributed by atoms with Gasteiger partial charge in [0.05, 0.1) is 31.1 Å². The van der Waals surface area contributed by atoms with Crippen molar-refractivity contribution in [3.63, 3.8) is 0 Å². The Morgan fingerprint density at radius 2 is 1.59 bits per heavy atom. The number of carboxylic acid groups (broad SMARTS) is 1. The van der Waals surface area contributed by atoms with Crippen molar-refractivity contribution < 1.29 is 45.7 Å². The fourth-order valence-electron chi connectivity index (χ4n) is 3.30. The van der Waals surface area contributed by atoms with Gasteiger partial charge in [-0.05, 0) is 36.4 Å². The summed E-state index contributed by atoms with van der Waals surface area (Å²) in [5.41, 5.74) is 0.566. The van der Waals surface area contributed by atoms with Gasteiger partial charge in [0.15, 0.2) is 21.5 Å². The second-order valence-electron chi connectivity index (χ2n) is 8.17. The Hall–Kier alpha value is -4.81. The average molecular weight is 669 g/mol. The maximum Gasteiger partial charge on any atom is 0.341 e. The molecule has 19 heteroatoms. The van der Waals surface area contributed by atoms with Crippen LogP contribution in [0.4, 0.5) is 10.7 Å². The fourth-order valence-corrected chi connectivity index (χ4v) is 6.07. The van der Waals surface area contributed by atoms with E-state index in [2.05, 4.69) is 25.3 Å². The fraction of sp³-hybridized carbons (Fsp3) is 0.200. The van der Waals surface area contributed by atoms with Crippen LogP contribution in [0.2, 0.25) is 5.02 Å². The van der Waals surface area contributed by atoms with Crippen LogP contribution in [-0.2, 0) is 24.7 Å². The number of benzene rings is 1. The number of rotatable bonds is 10. The standard InChI is InChI=1S/C14H17N5O7S2.C11H8ClNO3/c1-4-27(21,22)9-6-5-7-15-12(9)28(23,24)19-14(20)18-13-16-10(25-2)8-11(17-13)26-3;12-8-3-4-9(16-6-10(14)15)11-7(8)2-1-5-13-11/h5-8H,4H2,1-3H3,(H2,16,17,18,19,20);1-5H,6H2,(H,14,15). The summed E-state index contributed by atoms with van der Waals surface area (Å²) < 4.78 is 65.8. The van der Waals surface area contributed by atoms with Crippen molar-refractivity contribution in [2.45, 2.75) is 16.8 Å². The van der Waals surface area contributed by atoms with Crippen molar-refractivity contribution in [1.29, 1.82) is 0 Å². The first-order chi connectivity index (χ1) is 20.8. The molecule has 0 saturated carbocycles. The number of ether oxygens (including phenoxy) is 3. The number of methoxy groups -OCH3 is 2. The van der Waals surface area contributed by atoms with Gasteiger partial charge in [-0.15, -0.1) is 0 Å². The van der Waals surface area contributed by atoms with E-state index in [0.29, 0.717) is 16.3 Å². The third-order valence-corrected chi connectivity index (χ3v) is 8.79. The molecule has 0 fully saturated rings. The quantitative estimate of drug-likeness (QED) is 0.221. The summed E-state index contributed by atoms with van der Waals surface area (Å²) in [4.78, 5) is 37.3. The molecule has 4 aromatic rings. The maximum atomic E-state index is 12.5. The number of halogens is 1. The van der Waals surface area contributed by atoms with E-state index < -0.39 is 48.4 Å². The summed E-state index contributed by atoms with van der Waals surface area (Å²) >= 11 is 5.98. The van der Waals surface area contributed by atoms with Crippen molar-refractivity contribution in [3.8, 4) is 17.5 Å². The van der Waals surface area contributed by atoms with Crippen molar-refractivity contribution in [1.82, 2.24) is 24.7 Å². The molecule has 0 atom stereocenters. The molecule has 4 rings (SSSR count). The summed E-state index contributed by atoms with van der Waals surface area (Å²) in [6.07, 6.45) is 2.70. The molecule has 0 saturated heterocycles. The minimum atomic E-state index is -4.61. The van der Waals surface area contributed by atoms with Crippen LogP contribution in [0.15, 0.2) is 64.8 Å². The zero-order chi connectivity index (χ0) is 32.5. The number of hydrogen-bond acceptors (Lipinski definition) is 13. The number of carboxylic acids is 1. The molecular formula is C25H25ClN6O10S2. The number of aromatic nitrogens is 4. The lowest BCUT2D eigenvalue weighted by Crippen LogP contribution is -2.36. The molecule has 3 heterocycles. The Balaban J connectivity index is 0.000000278. The molecule has 234 valence electrons. The normalized spacial score (nSPS) is 11.1. The molecule has 3 N–H and O–H groups in total. The van der Waals surface area contributed by atoms with Crippen LogP contribution >= 0.6 is 11.6 Å². The molecule has 1 aromatic carbocycles. The molecule has 16 nitrogen and oxygen atoms in total. The van der Waals surface area contributed by atoms with Gasteiger partial charge in [-0.1, -0.05) is 18.5 Å². The average Bonchev–Trinajstić information content (AvgIpc) is 3.00. The van der Waals surface area contributed by atoms with E-state index in [9.17, 15) is 26.4 Å². The van der Waals surface area contributed by atoms with E-state index >= 15 is 0 Å². The van der Waals surface area contributed by atoms with E-state index in [1.165, 1.54) is 33.3 Å². The van der Waals surface area contributed by atoms with Crippen LogP contribution in [0, 0.1) is 0 Å².